The zero-order chi connectivity index (χ0) is 17.9. The zero-order valence-electron chi connectivity index (χ0n) is 15.3. The Morgan fingerprint density at radius 3 is 2.79 bits per heavy atom. The number of ether oxygens (including phenoxy) is 1. The number of nitrogen functional groups attached to an aromatic ring is 1. The van der Waals surface area contributed by atoms with Crippen LogP contribution in [0.2, 0.25) is 0 Å². The topological polar surface area (TPSA) is 92.5 Å². The monoisotopic (exact) mass is 335 g/mol. The van der Waals surface area contributed by atoms with E-state index < -0.39 is 5.60 Å². The minimum Gasteiger partial charge on any atom is -0.444 e. The number of nitrogens with one attached hydrogen (secondary N) is 2. The van der Waals surface area contributed by atoms with Crippen molar-refractivity contribution >= 4 is 23.3 Å². The number of hydrogen-bond donors (Lipinski definition) is 3. The predicted molar refractivity (Wildman–Crippen MR) is 97.5 cm³/mol. The van der Waals surface area contributed by atoms with E-state index in [9.17, 15) is 4.79 Å². The van der Waals surface area contributed by atoms with Gasteiger partial charge in [0, 0.05) is 31.9 Å². The summed E-state index contributed by atoms with van der Waals surface area (Å²) in [5.74, 6) is 0.687. The summed E-state index contributed by atoms with van der Waals surface area (Å²) >= 11 is 0. The second-order valence-electron chi connectivity index (χ2n) is 7.23. The van der Waals surface area contributed by atoms with Gasteiger partial charge in [-0.3, -0.25) is 0 Å². The van der Waals surface area contributed by atoms with Gasteiger partial charge in [0.1, 0.15) is 5.60 Å². The molecular weight excluding hydrogens is 306 g/mol. The number of rotatable bonds is 3. The average Bonchev–Trinajstić information content (AvgIpc) is 2.47. The van der Waals surface area contributed by atoms with Crippen LogP contribution in [0.4, 0.5) is 22.0 Å². The molecule has 1 aromatic rings. The van der Waals surface area contributed by atoms with Gasteiger partial charge < -0.3 is 26.0 Å². The van der Waals surface area contributed by atoms with Crippen molar-refractivity contribution in [3.63, 3.8) is 0 Å². The van der Waals surface area contributed by atoms with Gasteiger partial charge in [0.2, 0.25) is 0 Å². The lowest BCUT2D eigenvalue weighted by Gasteiger charge is -2.36. The molecule has 4 N–H and O–H groups in total. The summed E-state index contributed by atoms with van der Waals surface area (Å²) in [6, 6.07) is 2.03. The fourth-order valence-corrected chi connectivity index (χ4v) is 2.91. The minimum absolute atomic E-state index is 0.0412. The summed E-state index contributed by atoms with van der Waals surface area (Å²) < 4.78 is 5.35. The van der Waals surface area contributed by atoms with Crippen LogP contribution in [-0.4, -0.2) is 42.9 Å². The zero-order valence-corrected chi connectivity index (χ0v) is 15.3. The molecule has 0 aliphatic carbocycles. The number of carbonyl (C=O) groups is 1. The van der Waals surface area contributed by atoms with Crippen LogP contribution in [0.25, 0.3) is 0 Å². The largest absolute Gasteiger partial charge is 0.444 e. The molecule has 24 heavy (non-hydrogen) atoms. The molecule has 134 valence electrons. The average molecular weight is 335 g/mol. The Kier molecular flexibility index (Phi) is 5.41. The van der Waals surface area contributed by atoms with Gasteiger partial charge in [0.15, 0.2) is 5.82 Å². The van der Waals surface area contributed by atoms with E-state index in [0.29, 0.717) is 18.1 Å². The van der Waals surface area contributed by atoms with Crippen LogP contribution >= 0.6 is 0 Å². The van der Waals surface area contributed by atoms with E-state index in [0.717, 1.165) is 30.8 Å². The number of alkyl carbamates (subject to hydrolysis) is 1. The number of carbonyl (C=O) groups excluding carboxylic acids is 1. The molecule has 1 saturated heterocycles. The Hall–Kier alpha value is -2.18. The molecule has 1 aliphatic rings. The molecule has 0 radical (unpaired) electrons. The third kappa shape index (κ3) is 4.66. The molecule has 2 rings (SSSR count). The minimum atomic E-state index is -0.493. The predicted octanol–water partition coefficient (Wildman–Crippen LogP) is 2.51. The number of piperidine rings is 1. The third-order valence-corrected chi connectivity index (χ3v) is 3.88. The van der Waals surface area contributed by atoms with Gasteiger partial charge in [0.05, 0.1) is 11.4 Å². The van der Waals surface area contributed by atoms with E-state index >= 15 is 0 Å². The van der Waals surface area contributed by atoms with Crippen LogP contribution in [0, 0.1) is 6.92 Å². The Bertz CT molecular complexity index is 597. The normalized spacial score (nSPS) is 18.2. The first-order valence-corrected chi connectivity index (χ1v) is 8.39. The summed E-state index contributed by atoms with van der Waals surface area (Å²) in [6.45, 7) is 9.14. The Morgan fingerprint density at radius 1 is 1.46 bits per heavy atom. The van der Waals surface area contributed by atoms with Gasteiger partial charge in [-0.25, -0.2) is 9.78 Å². The molecule has 0 saturated carbocycles. The number of aryl methyl sites for hydroxylation is 1. The first-order chi connectivity index (χ1) is 11.2. The van der Waals surface area contributed by atoms with Crippen molar-refractivity contribution in [2.24, 2.45) is 0 Å². The molecule has 0 unspecified atom stereocenters. The van der Waals surface area contributed by atoms with Crippen molar-refractivity contribution in [1.82, 2.24) is 10.3 Å². The maximum Gasteiger partial charge on any atom is 0.407 e. The number of nitrogens with zero attached hydrogens (tertiary/aromatic N) is 2. The van der Waals surface area contributed by atoms with E-state index in [-0.39, 0.29) is 12.1 Å². The second-order valence-corrected chi connectivity index (χ2v) is 7.23. The highest BCUT2D eigenvalue weighted by Crippen LogP contribution is 2.31. The van der Waals surface area contributed by atoms with Crippen LogP contribution in [0.3, 0.4) is 0 Å². The maximum atomic E-state index is 12.0. The van der Waals surface area contributed by atoms with Crippen molar-refractivity contribution in [2.45, 2.75) is 52.2 Å². The second kappa shape index (κ2) is 7.15. The molecule has 0 aromatic carbocycles. The summed E-state index contributed by atoms with van der Waals surface area (Å²) in [5.41, 5.74) is 8.26. The van der Waals surface area contributed by atoms with Crippen molar-refractivity contribution in [3.8, 4) is 0 Å². The molecule has 1 aromatic heterocycles. The van der Waals surface area contributed by atoms with Gasteiger partial charge in [-0.05, 0) is 46.6 Å². The van der Waals surface area contributed by atoms with Gasteiger partial charge >= 0.3 is 6.09 Å². The number of aromatic nitrogens is 1. The van der Waals surface area contributed by atoms with Crippen molar-refractivity contribution in [1.29, 1.82) is 0 Å². The first-order valence-electron chi connectivity index (χ1n) is 8.39. The molecule has 1 atom stereocenters. The summed E-state index contributed by atoms with van der Waals surface area (Å²) in [6.07, 6.45) is 1.54. The molecular formula is C17H29N5O2. The van der Waals surface area contributed by atoms with E-state index in [1.54, 1.807) is 0 Å². The molecule has 0 spiro atoms. The van der Waals surface area contributed by atoms with Gasteiger partial charge in [-0.1, -0.05) is 0 Å². The van der Waals surface area contributed by atoms with Gasteiger partial charge in [-0.2, -0.15) is 0 Å². The fourth-order valence-electron chi connectivity index (χ4n) is 2.91. The molecule has 2 heterocycles. The van der Waals surface area contributed by atoms with E-state index in [1.807, 2.05) is 40.8 Å². The van der Waals surface area contributed by atoms with Crippen LogP contribution in [0.15, 0.2) is 6.07 Å². The lowest BCUT2D eigenvalue weighted by Crippen LogP contribution is -2.49. The lowest BCUT2D eigenvalue weighted by atomic mass is 10.0. The highest BCUT2D eigenvalue weighted by atomic mass is 16.6. The molecule has 7 heteroatoms. The summed E-state index contributed by atoms with van der Waals surface area (Å²) in [4.78, 5) is 18.6. The Balaban J connectivity index is 2.08. The highest BCUT2D eigenvalue weighted by Gasteiger charge is 2.26. The summed E-state index contributed by atoms with van der Waals surface area (Å²) in [5, 5.41) is 6.00. The van der Waals surface area contributed by atoms with Crippen LogP contribution in [0.1, 0.15) is 39.3 Å². The van der Waals surface area contributed by atoms with E-state index in [1.165, 1.54) is 0 Å². The fraction of sp³-hybridized carbons (Fsp3) is 0.647. The molecule has 1 amide bonds. The van der Waals surface area contributed by atoms with Crippen molar-refractivity contribution < 1.29 is 9.53 Å². The third-order valence-electron chi connectivity index (χ3n) is 3.88. The smallest absolute Gasteiger partial charge is 0.407 e. The van der Waals surface area contributed by atoms with E-state index in [2.05, 4.69) is 20.5 Å². The summed E-state index contributed by atoms with van der Waals surface area (Å²) in [7, 11) is 1.81. The molecule has 7 nitrogen and oxygen atoms in total. The van der Waals surface area contributed by atoms with Gasteiger partial charge in [0.25, 0.3) is 0 Å². The number of hydrogen-bond acceptors (Lipinski definition) is 6. The quantitative estimate of drug-likeness (QED) is 0.786. The SMILES string of the molecule is CNc1nc(C)cc(N2CCC[C@@H](NC(=O)OC(C)(C)C)C2)c1N. The van der Waals surface area contributed by atoms with Crippen LogP contribution in [-0.2, 0) is 4.74 Å². The highest BCUT2D eigenvalue weighted by molar-refractivity contribution is 5.79. The molecule has 1 fully saturated rings. The number of pyridine rings is 1. The Morgan fingerprint density at radius 2 is 2.17 bits per heavy atom. The van der Waals surface area contributed by atoms with Gasteiger partial charge in [-0.15, -0.1) is 0 Å². The molecule has 0 bridgehead atoms. The number of nitrogens with two attached hydrogens (primary N) is 1. The molecule has 1 aliphatic heterocycles. The van der Waals surface area contributed by atoms with Crippen molar-refractivity contribution in [3.05, 3.63) is 11.8 Å². The Labute approximate surface area is 143 Å². The number of amides is 1. The van der Waals surface area contributed by atoms with Crippen molar-refractivity contribution in [2.75, 3.05) is 36.1 Å². The first kappa shape index (κ1) is 18.2. The standard InChI is InChI=1S/C17H29N5O2/c1-11-9-13(14(18)15(19-5)20-11)22-8-6-7-12(10-22)21-16(23)24-17(2,3)4/h9,12H,6-8,10,18H2,1-5H3,(H,19,20)(H,21,23)/t12-/m1/s1. The van der Waals surface area contributed by atoms with E-state index in [4.69, 9.17) is 10.5 Å². The van der Waals surface area contributed by atoms with Crippen LogP contribution in [0.5, 0.6) is 0 Å². The lowest BCUT2D eigenvalue weighted by molar-refractivity contribution is 0.0500. The van der Waals surface area contributed by atoms with Crippen LogP contribution < -0.4 is 21.3 Å². The maximum absolute atomic E-state index is 12.0. The number of anilines is 3.